The van der Waals surface area contributed by atoms with Gasteiger partial charge in [-0.1, -0.05) is 54.1 Å². The van der Waals surface area contributed by atoms with Gasteiger partial charge in [0.1, 0.15) is 17.7 Å². The highest BCUT2D eigenvalue weighted by atomic mass is 16.6. The minimum absolute atomic E-state index is 0.0458. The number of nitrogens with zero attached hydrogens (tertiary/aromatic N) is 1. The number of likely N-dealkylation sites (N-methyl/N-ethyl adjacent to an activating group) is 1. The van der Waals surface area contributed by atoms with Crippen molar-refractivity contribution in [2.45, 2.75) is 72.1 Å². The lowest BCUT2D eigenvalue weighted by Gasteiger charge is -2.34. The summed E-state index contributed by atoms with van der Waals surface area (Å²) in [7, 11) is 0. The molecule has 2 unspecified atom stereocenters. The van der Waals surface area contributed by atoms with E-state index in [-0.39, 0.29) is 19.4 Å². The van der Waals surface area contributed by atoms with Crippen LogP contribution in [-0.2, 0) is 19.1 Å². The van der Waals surface area contributed by atoms with E-state index in [1.54, 1.807) is 27.7 Å². The Kier molecular flexibility index (Phi) is 10.1. The number of amides is 4. The maximum Gasteiger partial charge on any atom is 0.408 e. The summed E-state index contributed by atoms with van der Waals surface area (Å²) in [6.07, 6.45) is -0.989. The van der Waals surface area contributed by atoms with Crippen LogP contribution < -0.4 is 16.4 Å². The summed E-state index contributed by atoms with van der Waals surface area (Å²) >= 11 is 0. The van der Waals surface area contributed by atoms with Gasteiger partial charge < -0.3 is 26.0 Å². The van der Waals surface area contributed by atoms with Gasteiger partial charge in [-0.3, -0.25) is 14.4 Å². The van der Waals surface area contributed by atoms with Crippen LogP contribution in [0.15, 0.2) is 60.7 Å². The Morgan fingerprint density at radius 2 is 1.63 bits per heavy atom. The van der Waals surface area contributed by atoms with E-state index >= 15 is 0 Å². The molecule has 0 aliphatic heterocycles. The Hall–Kier alpha value is -4.40. The molecule has 0 spiro atoms. The number of benzene rings is 3. The van der Waals surface area contributed by atoms with Crippen LogP contribution in [0, 0.1) is 13.8 Å². The number of nitrogens with one attached hydrogen (secondary N) is 2. The predicted octanol–water partition coefficient (Wildman–Crippen LogP) is 5.14. The number of primary amides is 1. The van der Waals surface area contributed by atoms with Gasteiger partial charge >= 0.3 is 6.09 Å². The number of hydrogen-bond donors (Lipinski definition) is 3. The van der Waals surface area contributed by atoms with E-state index in [1.807, 2.05) is 74.5 Å². The van der Waals surface area contributed by atoms with Gasteiger partial charge in [0.25, 0.3) is 5.91 Å². The number of rotatable bonds is 10. The number of carbonyl (C=O) groups is 4. The summed E-state index contributed by atoms with van der Waals surface area (Å²) in [5.41, 5.74) is 7.66. The van der Waals surface area contributed by atoms with Crippen LogP contribution in [0.25, 0.3) is 10.8 Å². The van der Waals surface area contributed by atoms with Crippen LogP contribution in [0.5, 0.6) is 0 Å². The van der Waals surface area contributed by atoms with Gasteiger partial charge in [-0.25, -0.2) is 4.79 Å². The second-order valence-electron chi connectivity index (χ2n) is 11.1. The maximum absolute atomic E-state index is 14.0. The molecule has 9 nitrogen and oxygen atoms in total. The summed E-state index contributed by atoms with van der Waals surface area (Å²) in [5.74, 6) is -1.55. The van der Waals surface area contributed by atoms with Crippen molar-refractivity contribution in [3.8, 4) is 0 Å². The zero-order chi connectivity index (χ0) is 30.3. The van der Waals surface area contributed by atoms with Crippen LogP contribution in [0.2, 0.25) is 0 Å². The van der Waals surface area contributed by atoms with Crippen molar-refractivity contribution >= 4 is 40.3 Å². The highest BCUT2D eigenvalue weighted by molar-refractivity contribution is 6.00. The third-order valence-corrected chi connectivity index (χ3v) is 6.59. The van der Waals surface area contributed by atoms with Gasteiger partial charge in [0.05, 0.1) is 0 Å². The molecule has 0 aliphatic rings. The third kappa shape index (κ3) is 8.54. The number of fused-ring (bicyclic) bond motifs is 1. The molecule has 4 amide bonds. The first-order valence-corrected chi connectivity index (χ1v) is 13.7. The topological polar surface area (TPSA) is 131 Å². The molecule has 4 N–H and O–H groups in total. The Bertz CT molecular complexity index is 1430. The van der Waals surface area contributed by atoms with E-state index < -0.39 is 41.5 Å². The molecule has 0 saturated heterocycles. The molecule has 0 heterocycles. The van der Waals surface area contributed by atoms with Crippen molar-refractivity contribution in [1.82, 2.24) is 10.2 Å². The molecule has 0 aromatic heterocycles. The van der Waals surface area contributed by atoms with E-state index in [9.17, 15) is 19.2 Å². The molecule has 0 saturated carbocycles. The summed E-state index contributed by atoms with van der Waals surface area (Å²) in [6, 6.07) is 17.0. The summed E-state index contributed by atoms with van der Waals surface area (Å²) in [4.78, 5) is 53.7. The number of hydrogen-bond acceptors (Lipinski definition) is 5. The largest absolute Gasteiger partial charge is 0.444 e. The first kappa shape index (κ1) is 31.1. The van der Waals surface area contributed by atoms with E-state index in [2.05, 4.69) is 10.6 Å². The zero-order valence-electron chi connectivity index (χ0n) is 24.6. The zero-order valence-corrected chi connectivity index (χ0v) is 24.6. The minimum Gasteiger partial charge on any atom is -0.444 e. The summed E-state index contributed by atoms with van der Waals surface area (Å²) in [5, 5.41) is 7.57. The predicted molar refractivity (Wildman–Crippen MR) is 160 cm³/mol. The number of alkyl carbamates (subject to hydrolysis) is 1. The Morgan fingerprint density at radius 3 is 2.24 bits per heavy atom. The van der Waals surface area contributed by atoms with Gasteiger partial charge in [-0.05, 0) is 82.0 Å². The van der Waals surface area contributed by atoms with E-state index in [0.29, 0.717) is 11.3 Å². The molecule has 2 atom stereocenters. The lowest BCUT2D eigenvalue weighted by molar-refractivity contribution is -0.140. The van der Waals surface area contributed by atoms with E-state index in [1.165, 1.54) is 4.90 Å². The molecule has 0 fully saturated rings. The van der Waals surface area contributed by atoms with Crippen LogP contribution in [0.1, 0.15) is 63.3 Å². The quantitative estimate of drug-likeness (QED) is 0.316. The van der Waals surface area contributed by atoms with Gasteiger partial charge in [0.2, 0.25) is 11.8 Å². The maximum atomic E-state index is 14.0. The molecular weight excluding hydrogens is 520 g/mol. The summed E-state index contributed by atoms with van der Waals surface area (Å²) < 4.78 is 5.36. The average Bonchev–Trinajstić information content (AvgIpc) is 2.88. The average molecular weight is 561 g/mol. The fraction of sp³-hybridized carbons (Fsp3) is 0.375. The van der Waals surface area contributed by atoms with Gasteiger partial charge in [0.15, 0.2) is 0 Å². The molecule has 0 radical (unpaired) electrons. The number of ether oxygens (including phenoxy) is 1. The van der Waals surface area contributed by atoms with Crippen LogP contribution in [0.4, 0.5) is 10.5 Å². The van der Waals surface area contributed by atoms with Crippen LogP contribution in [-0.4, -0.2) is 46.9 Å². The van der Waals surface area contributed by atoms with Crippen molar-refractivity contribution in [2.75, 3.05) is 11.9 Å². The second kappa shape index (κ2) is 13.3. The van der Waals surface area contributed by atoms with Crippen molar-refractivity contribution in [2.24, 2.45) is 5.73 Å². The molecule has 9 heteroatoms. The standard InChI is InChI=1S/C32H40N4O5/c1-7-36(30(39)26(16-17-27(33)37)35-31(40)41-32(4,5)6)28(25-15-12-20(2)18-21(25)3)29(38)34-24-14-13-22-10-8-9-11-23(22)19-24/h8-15,18-19,26,28H,7,16-17H2,1-6H3,(H2,33,37)(H,34,38)(H,35,40). The van der Waals surface area contributed by atoms with Gasteiger partial charge in [-0.2, -0.15) is 0 Å². The molecule has 0 bridgehead atoms. The normalized spacial score (nSPS) is 12.7. The van der Waals surface area contributed by atoms with Gasteiger partial charge in [-0.15, -0.1) is 0 Å². The number of anilines is 1. The monoisotopic (exact) mass is 560 g/mol. The number of aryl methyl sites for hydroxylation is 2. The highest BCUT2D eigenvalue weighted by Crippen LogP contribution is 2.29. The van der Waals surface area contributed by atoms with Crippen molar-refractivity contribution < 1.29 is 23.9 Å². The van der Waals surface area contributed by atoms with Gasteiger partial charge in [0, 0.05) is 18.7 Å². The van der Waals surface area contributed by atoms with Crippen molar-refractivity contribution in [1.29, 1.82) is 0 Å². The Balaban J connectivity index is 2.00. The molecule has 3 aromatic rings. The lowest BCUT2D eigenvalue weighted by Crippen LogP contribution is -2.52. The Labute approximate surface area is 241 Å². The van der Waals surface area contributed by atoms with Crippen LogP contribution in [0.3, 0.4) is 0 Å². The first-order valence-electron chi connectivity index (χ1n) is 13.7. The molecule has 0 aliphatic carbocycles. The lowest BCUT2D eigenvalue weighted by atomic mass is 9.96. The number of carbonyl (C=O) groups excluding carboxylic acids is 4. The SMILES string of the molecule is CCN(C(=O)C(CCC(N)=O)NC(=O)OC(C)(C)C)C(C(=O)Nc1ccc2ccccc2c1)c1ccc(C)cc1C. The first-order chi connectivity index (χ1) is 19.3. The van der Waals surface area contributed by atoms with Crippen LogP contribution >= 0.6 is 0 Å². The van der Waals surface area contributed by atoms with Crippen molar-refractivity contribution in [3.05, 3.63) is 77.4 Å². The molecular formula is C32H40N4O5. The minimum atomic E-state index is -1.14. The fourth-order valence-corrected chi connectivity index (χ4v) is 4.72. The molecule has 3 aromatic carbocycles. The molecule has 3 rings (SSSR count). The highest BCUT2D eigenvalue weighted by Gasteiger charge is 2.36. The fourth-order valence-electron chi connectivity index (χ4n) is 4.72. The van der Waals surface area contributed by atoms with E-state index in [4.69, 9.17) is 10.5 Å². The van der Waals surface area contributed by atoms with Crippen molar-refractivity contribution in [3.63, 3.8) is 0 Å². The number of nitrogens with two attached hydrogens (primary N) is 1. The molecule has 218 valence electrons. The summed E-state index contributed by atoms with van der Waals surface area (Å²) in [6.45, 7) is 10.9. The molecule has 41 heavy (non-hydrogen) atoms. The smallest absolute Gasteiger partial charge is 0.408 e. The second-order valence-corrected chi connectivity index (χ2v) is 11.1. The van der Waals surface area contributed by atoms with E-state index in [0.717, 1.165) is 21.9 Å². The third-order valence-electron chi connectivity index (χ3n) is 6.59. The Morgan fingerprint density at radius 1 is 0.951 bits per heavy atom.